The minimum absolute atomic E-state index is 0.0954. The van der Waals surface area contributed by atoms with Crippen LogP contribution in [0.4, 0.5) is 0 Å². The zero-order valence-electron chi connectivity index (χ0n) is 7.61. The normalized spacial score (nSPS) is 13.8. The maximum Gasteiger partial charge on any atom is 0.0897 e. The van der Waals surface area contributed by atoms with Crippen molar-refractivity contribution < 1.29 is 15.3 Å². The molecule has 0 spiro atoms. The van der Waals surface area contributed by atoms with Crippen LogP contribution >= 0.6 is 0 Å². The average Bonchev–Trinajstić information content (AvgIpc) is 2.05. The molecular weight excluding hydrogens is 158 g/mol. The van der Waals surface area contributed by atoms with Crippen LogP contribution in [0.2, 0.25) is 0 Å². The molecule has 12 heavy (non-hydrogen) atoms. The molecule has 0 rings (SSSR count). The van der Waals surface area contributed by atoms with Gasteiger partial charge in [-0.25, -0.2) is 0 Å². The Bertz CT molecular complexity index is 94.3. The monoisotopic (exact) mass is 177 g/mol. The van der Waals surface area contributed by atoms with Crippen LogP contribution in [-0.2, 0) is 0 Å². The summed E-state index contributed by atoms with van der Waals surface area (Å²) in [4.78, 5) is 1.93. The van der Waals surface area contributed by atoms with E-state index in [4.69, 9.17) is 15.3 Å². The predicted octanol–water partition coefficient (Wildman–Crippen LogP) is -0.956. The van der Waals surface area contributed by atoms with Crippen molar-refractivity contribution in [3.05, 3.63) is 0 Å². The van der Waals surface area contributed by atoms with E-state index in [0.717, 1.165) is 13.0 Å². The quantitative estimate of drug-likeness (QED) is 0.469. The van der Waals surface area contributed by atoms with Crippen LogP contribution in [0.5, 0.6) is 0 Å². The van der Waals surface area contributed by atoms with E-state index >= 15 is 0 Å². The van der Waals surface area contributed by atoms with Crippen LogP contribution < -0.4 is 0 Å². The van der Waals surface area contributed by atoms with Gasteiger partial charge in [-0.3, -0.25) is 4.90 Å². The Kier molecular flexibility index (Phi) is 7.39. The van der Waals surface area contributed by atoms with Crippen molar-refractivity contribution >= 4 is 0 Å². The fourth-order valence-corrected chi connectivity index (χ4v) is 1.11. The smallest absolute Gasteiger partial charge is 0.0897 e. The van der Waals surface area contributed by atoms with Crippen LogP contribution in [0.3, 0.4) is 0 Å². The molecule has 0 saturated carbocycles. The van der Waals surface area contributed by atoms with Gasteiger partial charge in [-0.15, -0.1) is 0 Å². The van der Waals surface area contributed by atoms with Crippen molar-refractivity contribution in [3.8, 4) is 0 Å². The topological polar surface area (TPSA) is 63.9 Å². The van der Waals surface area contributed by atoms with E-state index in [1.807, 2.05) is 11.8 Å². The van der Waals surface area contributed by atoms with E-state index in [1.54, 1.807) is 0 Å². The van der Waals surface area contributed by atoms with Crippen molar-refractivity contribution in [2.45, 2.75) is 19.4 Å². The van der Waals surface area contributed by atoms with Gasteiger partial charge in [0, 0.05) is 13.1 Å². The molecule has 0 aromatic rings. The lowest BCUT2D eigenvalue weighted by atomic mass is 10.3. The minimum Gasteiger partial charge on any atom is -0.395 e. The van der Waals surface area contributed by atoms with E-state index in [9.17, 15) is 0 Å². The highest BCUT2D eigenvalue weighted by Crippen LogP contribution is 1.93. The van der Waals surface area contributed by atoms with Gasteiger partial charge in [0.2, 0.25) is 0 Å². The lowest BCUT2D eigenvalue weighted by molar-refractivity contribution is 0.0536. The molecule has 1 atom stereocenters. The lowest BCUT2D eigenvalue weighted by Crippen LogP contribution is -2.36. The first-order chi connectivity index (χ1) is 5.74. The Morgan fingerprint density at radius 3 is 2.33 bits per heavy atom. The molecule has 0 heterocycles. The second-order valence-corrected chi connectivity index (χ2v) is 2.86. The standard InChI is InChI=1S/C8H19NO3/c1-2-3-9(4-5-10)6-8(12)7-11/h8,10-12H,2-7H2,1H3. The number of hydrogen-bond acceptors (Lipinski definition) is 4. The van der Waals surface area contributed by atoms with Gasteiger partial charge in [0.1, 0.15) is 0 Å². The third-order valence-corrected chi connectivity index (χ3v) is 1.64. The zero-order valence-corrected chi connectivity index (χ0v) is 7.61. The van der Waals surface area contributed by atoms with Gasteiger partial charge in [-0.2, -0.15) is 0 Å². The van der Waals surface area contributed by atoms with E-state index in [-0.39, 0.29) is 13.2 Å². The van der Waals surface area contributed by atoms with Crippen LogP contribution in [0.25, 0.3) is 0 Å². The molecule has 0 radical (unpaired) electrons. The molecule has 74 valence electrons. The molecule has 0 fully saturated rings. The SMILES string of the molecule is CCCN(CCO)CC(O)CO. The lowest BCUT2D eigenvalue weighted by Gasteiger charge is -2.22. The van der Waals surface area contributed by atoms with Gasteiger partial charge in [-0.1, -0.05) is 6.92 Å². The third kappa shape index (κ3) is 5.49. The number of nitrogens with zero attached hydrogens (tertiary/aromatic N) is 1. The maximum absolute atomic E-state index is 9.11. The summed E-state index contributed by atoms with van der Waals surface area (Å²) in [5.41, 5.74) is 0. The zero-order chi connectivity index (χ0) is 9.40. The Hall–Kier alpha value is -0.160. The van der Waals surface area contributed by atoms with Crippen molar-refractivity contribution in [1.82, 2.24) is 4.90 Å². The Morgan fingerprint density at radius 2 is 1.92 bits per heavy atom. The van der Waals surface area contributed by atoms with Gasteiger partial charge in [0.15, 0.2) is 0 Å². The van der Waals surface area contributed by atoms with E-state index in [0.29, 0.717) is 13.1 Å². The van der Waals surface area contributed by atoms with Crippen molar-refractivity contribution in [3.63, 3.8) is 0 Å². The molecule has 0 aliphatic heterocycles. The first-order valence-electron chi connectivity index (χ1n) is 4.36. The molecule has 0 aromatic heterocycles. The number of hydrogen-bond donors (Lipinski definition) is 3. The Balaban J connectivity index is 3.61. The molecule has 0 bridgehead atoms. The summed E-state index contributed by atoms with van der Waals surface area (Å²) >= 11 is 0. The summed E-state index contributed by atoms with van der Waals surface area (Å²) in [5, 5.41) is 26.4. The number of rotatable bonds is 7. The van der Waals surface area contributed by atoms with Crippen molar-refractivity contribution in [2.75, 3.05) is 32.8 Å². The van der Waals surface area contributed by atoms with Crippen LogP contribution in [0.15, 0.2) is 0 Å². The van der Waals surface area contributed by atoms with E-state index in [2.05, 4.69) is 0 Å². The van der Waals surface area contributed by atoms with Gasteiger partial charge < -0.3 is 15.3 Å². The van der Waals surface area contributed by atoms with Gasteiger partial charge in [-0.05, 0) is 13.0 Å². The molecule has 0 amide bonds. The number of aliphatic hydroxyl groups excluding tert-OH is 3. The molecule has 0 aromatic carbocycles. The molecule has 0 aliphatic rings. The van der Waals surface area contributed by atoms with Crippen LogP contribution in [-0.4, -0.2) is 59.2 Å². The Morgan fingerprint density at radius 1 is 1.25 bits per heavy atom. The fourth-order valence-electron chi connectivity index (χ4n) is 1.11. The maximum atomic E-state index is 9.11. The van der Waals surface area contributed by atoms with Crippen molar-refractivity contribution in [2.24, 2.45) is 0 Å². The highest BCUT2D eigenvalue weighted by atomic mass is 16.3. The molecule has 0 aliphatic carbocycles. The van der Waals surface area contributed by atoms with Gasteiger partial charge >= 0.3 is 0 Å². The molecule has 1 unspecified atom stereocenters. The Labute approximate surface area is 73.4 Å². The minimum atomic E-state index is -0.692. The summed E-state index contributed by atoms with van der Waals surface area (Å²) in [6.45, 7) is 3.76. The first-order valence-corrected chi connectivity index (χ1v) is 4.36. The van der Waals surface area contributed by atoms with Gasteiger partial charge in [0.05, 0.1) is 19.3 Å². The highest BCUT2D eigenvalue weighted by Gasteiger charge is 2.08. The molecule has 4 nitrogen and oxygen atoms in total. The fraction of sp³-hybridized carbons (Fsp3) is 1.00. The summed E-state index contributed by atoms with van der Waals surface area (Å²) < 4.78 is 0. The predicted molar refractivity (Wildman–Crippen MR) is 46.9 cm³/mol. The summed E-state index contributed by atoms with van der Waals surface area (Å²) in [5.74, 6) is 0. The van der Waals surface area contributed by atoms with E-state index in [1.165, 1.54) is 0 Å². The third-order valence-electron chi connectivity index (χ3n) is 1.64. The second kappa shape index (κ2) is 7.49. The first kappa shape index (κ1) is 11.8. The van der Waals surface area contributed by atoms with Crippen LogP contribution in [0, 0.1) is 0 Å². The number of aliphatic hydroxyl groups is 3. The van der Waals surface area contributed by atoms with E-state index < -0.39 is 6.10 Å². The summed E-state index contributed by atoms with van der Waals surface area (Å²) in [6.07, 6.45) is 0.293. The second-order valence-electron chi connectivity index (χ2n) is 2.86. The summed E-state index contributed by atoms with van der Waals surface area (Å²) in [7, 11) is 0. The molecular formula is C8H19NO3. The summed E-state index contributed by atoms with van der Waals surface area (Å²) in [6, 6.07) is 0. The average molecular weight is 177 g/mol. The largest absolute Gasteiger partial charge is 0.395 e. The molecule has 0 saturated heterocycles. The van der Waals surface area contributed by atoms with Crippen molar-refractivity contribution in [1.29, 1.82) is 0 Å². The van der Waals surface area contributed by atoms with Gasteiger partial charge in [0.25, 0.3) is 0 Å². The molecule has 3 N–H and O–H groups in total. The van der Waals surface area contributed by atoms with Crippen LogP contribution in [0.1, 0.15) is 13.3 Å². The molecule has 4 heteroatoms. The highest BCUT2D eigenvalue weighted by molar-refractivity contribution is 4.62.